The van der Waals surface area contributed by atoms with Crippen molar-refractivity contribution in [3.63, 3.8) is 0 Å². The Morgan fingerprint density at radius 2 is 1.84 bits per heavy atom. The number of esters is 1. The second-order valence-corrected chi connectivity index (χ2v) is 8.89. The molecule has 9 nitrogen and oxygen atoms in total. The lowest BCUT2D eigenvalue weighted by Gasteiger charge is -2.23. The molecule has 0 aliphatic carbocycles. The Bertz CT molecular complexity index is 1110. The fraction of sp³-hybridized carbons (Fsp3) is 0.368. The Morgan fingerprint density at radius 1 is 1.19 bits per heavy atom. The van der Waals surface area contributed by atoms with Crippen molar-refractivity contribution in [2.75, 3.05) is 19.0 Å². The number of benzene rings is 1. The van der Waals surface area contributed by atoms with Crippen LogP contribution in [0, 0.1) is 0 Å². The number of sulfonamides is 1. The predicted molar refractivity (Wildman–Crippen MR) is 105 cm³/mol. The summed E-state index contributed by atoms with van der Waals surface area (Å²) in [6, 6.07) is 4.65. The summed E-state index contributed by atoms with van der Waals surface area (Å²) in [5.74, 6) is -1.78. The molecule has 0 saturated carbocycles. The number of halogens is 3. The Kier molecular flexibility index (Phi) is 6.51. The van der Waals surface area contributed by atoms with E-state index in [9.17, 15) is 31.2 Å². The minimum atomic E-state index is -4.84. The molecule has 0 spiro atoms. The van der Waals surface area contributed by atoms with Crippen LogP contribution in [0.15, 0.2) is 41.4 Å². The van der Waals surface area contributed by atoms with E-state index in [1.165, 1.54) is 43.1 Å². The standard InChI is InChI=1S/C19H20F3N3O6S/c1-24-11-14(10-16(24)18(27)30-2)32(28,29)25-9-3-4-15(25)17(26)23-12-5-7-13(8-6-12)31-19(20,21)22/h5-8,10-11,15H,3-4,9H2,1-2H3,(H,23,26)/t15-/m1/s1. The molecule has 0 unspecified atom stereocenters. The largest absolute Gasteiger partial charge is 0.573 e. The van der Waals surface area contributed by atoms with E-state index in [0.717, 1.165) is 16.4 Å². The van der Waals surface area contributed by atoms with Crippen LogP contribution in [0.25, 0.3) is 0 Å². The maximum Gasteiger partial charge on any atom is 0.573 e. The molecule has 1 aromatic carbocycles. The number of nitrogens with zero attached hydrogens (tertiary/aromatic N) is 2. The normalized spacial score (nSPS) is 17.2. The van der Waals surface area contributed by atoms with Crippen molar-refractivity contribution in [3.05, 3.63) is 42.2 Å². The molecular formula is C19H20F3N3O6S. The summed E-state index contributed by atoms with van der Waals surface area (Å²) in [5.41, 5.74) is 0.217. The third-order valence-corrected chi connectivity index (χ3v) is 6.72. The van der Waals surface area contributed by atoms with E-state index >= 15 is 0 Å². The number of methoxy groups -OCH3 is 1. The van der Waals surface area contributed by atoms with Crippen molar-refractivity contribution in [3.8, 4) is 5.75 Å². The Balaban J connectivity index is 1.76. The topological polar surface area (TPSA) is 107 Å². The number of alkyl halides is 3. The van der Waals surface area contributed by atoms with Gasteiger partial charge in [0.15, 0.2) is 0 Å². The van der Waals surface area contributed by atoms with Gasteiger partial charge in [0.25, 0.3) is 0 Å². The van der Waals surface area contributed by atoms with Crippen LogP contribution in [0.2, 0.25) is 0 Å². The molecule has 174 valence electrons. The van der Waals surface area contributed by atoms with Crippen molar-refractivity contribution in [1.29, 1.82) is 0 Å². The highest BCUT2D eigenvalue weighted by Gasteiger charge is 2.40. The maximum absolute atomic E-state index is 13.1. The molecule has 1 atom stereocenters. The van der Waals surface area contributed by atoms with E-state index < -0.39 is 40.1 Å². The number of hydrogen-bond donors (Lipinski definition) is 1. The number of amides is 1. The van der Waals surface area contributed by atoms with Gasteiger partial charge in [0.1, 0.15) is 22.4 Å². The SMILES string of the molecule is COC(=O)c1cc(S(=O)(=O)N2CCC[C@@H]2C(=O)Nc2ccc(OC(F)(F)F)cc2)cn1C. The van der Waals surface area contributed by atoms with Crippen LogP contribution in [0.5, 0.6) is 5.75 Å². The van der Waals surface area contributed by atoms with E-state index in [1.807, 2.05) is 0 Å². The molecule has 1 amide bonds. The molecule has 1 aliphatic rings. The van der Waals surface area contributed by atoms with Gasteiger partial charge in [0.2, 0.25) is 15.9 Å². The summed E-state index contributed by atoms with van der Waals surface area (Å²) in [7, 11) is -1.43. The minimum absolute atomic E-state index is 0.0347. The summed E-state index contributed by atoms with van der Waals surface area (Å²) in [6.45, 7) is 0.0984. The second kappa shape index (κ2) is 8.82. The third-order valence-electron chi connectivity index (χ3n) is 4.84. The van der Waals surface area contributed by atoms with Crippen LogP contribution in [0.4, 0.5) is 18.9 Å². The van der Waals surface area contributed by atoms with Crippen LogP contribution < -0.4 is 10.1 Å². The van der Waals surface area contributed by atoms with Gasteiger partial charge < -0.3 is 19.4 Å². The third kappa shape index (κ3) is 5.05. The summed E-state index contributed by atoms with van der Waals surface area (Å²) in [6.07, 6.45) is -2.88. The minimum Gasteiger partial charge on any atom is -0.464 e. The molecule has 0 bridgehead atoms. The van der Waals surface area contributed by atoms with Gasteiger partial charge in [-0.3, -0.25) is 4.79 Å². The summed E-state index contributed by atoms with van der Waals surface area (Å²) >= 11 is 0. The smallest absolute Gasteiger partial charge is 0.464 e. The van der Waals surface area contributed by atoms with Crippen molar-refractivity contribution in [1.82, 2.24) is 8.87 Å². The van der Waals surface area contributed by atoms with E-state index in [0.29, 0.717) is 6.42 Å². The number of aromatic nitrogens is 1. The first-order chi connectivity index (χ1) is 14.9. The lowest BCUT2D eigenvalue weighted by molar-refractivity contribution is -0.274. The molecule has 2 aromatic rings. The Labute approximate surface area is 181 Å². The van der Waals surface area contributed by atoms with E-state index in [-0.39, 0.29) is 29.2 Å². The van der Waals surface area contributed by atoms with Crippen molar-refractivity contribution >= 4 is 27.6 Å². The van der Waals surface area contributed by atoms with Gasteiger partial charge in [-0.15, -0.1) is 13.2 Å². The van der Waals surface area contributed by atoms with Crippen LogP contribution in [-0.4, -0.2) is 55.2 Å². The van der Waals surface area contributed by atoms with Crippen LogP contribution in [-0.2, 0) is 26.6 Å². The number of rotatable bonds is 6. The van der Waals surface area contributed by atoms with Crippen LogP contribution in [0.1, 0.15) is 23.3 Å². The number of aryl methyl sites for hydroxylation is 1. The first-order valence-corrected chi connectivity index (χ1v) is 10.8. The average Bonchev–Trinajstić information content (AvgIpc) is 3.35. The predicted octanol–water partition coefficient (Wildman–Crippen LogP) is 2.50. The van der Waals surface area contributed by atoms with Crippen molar-refractivity contribution in [2.24, 2.45) is 7.05 Å². The molecule has 1 N–H and O–H groups in total. The molecule has 1 fully saturated rings. The van der Waals surface area contributed by atoms with Gasteiger partial charge in [-0.25, -0.2) is 13.2 Å². The molecule has 32 heavy (non-hydrogen) atoms. The maximum atomic E-state index is 13.1. The number of carbonyl (C=O) groups is 2. The molecule has 0 radical (unpaired) electrons. The van der Waals surface area contributed by atoms with Crippen LogP contribution in [0.3, 0.4) is 0 Å². The van der Waals surface area contributed by atoms with Gasteiger partial charge in [-0.1, -0.05) is 0 Å². The fourth-order valence-corrected chi connectivity index (χ4v) is 5.10. The average molecular weight is 475 g/mol. The summed E-state index contributed by atoms with van der Waals surface area (Å²) < 4.78 is 73.8. The highest BCUT2D eigenvalue weighted by atomic mass is 32.2. The number of anilines is 1. The Morgan fingerprint density at radius 3 is 2.44 bits per heavy atom. The molecule has 1 aromatic heterocycles. The summed E-state index contributed by atoms with van der Waals surface area (Å²) in [4.78, 5) is 24.4. The number of nitrogens with one attached hydrogen (secondary N) is 1. The molecular weight excluding hydrogens is 455 g/mol. The fourth-order valence-electron chi connectivity index (χ4n) is 3.37. The molecule has 1 aliphatic heterocycles. The monoisotopic (exact) mass is 475 g/mol. The lowest BCUT2D eigenvalue weighted by Crippen LogP contribution is -2.43. The lowest BCUT2D eigenvalue weighted by atomic mass is 10.2. The number of carbonyl (C=O) groups excluding carboxylic acids is 2. The molecule has 3 rings (SSSR count). The second-order valence-electron chi connectivity index (χ2n) is 7.00. The van der Waals surface area contributed by atoms with Gasteiger partial charge in [0.05, 0.1) is 7.11 Å². The van der Waals surface area contributed by atoms with Crippen molar-refractivity contribution in [2.45, 2.75) is 30.1 Å². The van der Waals surface area contributed by atoms with E-state index in [4.69, 9.17) is 0 Å². The first kappa shape index (κ1) is 23.6. The molecule has 2 heterocycles. The molecule has 1 saturated heterocycles. The highest BCUT2D eigenvalue weighted by Crippen LogP contribution is 2.29. The Hall–Kier alpha value is -3.06. The van der Waals surface area contributed by atoms with Gasteiger partial charge >= 0.3 is 12.3 Å². The highest BCUT2D eigenvalue weighted by molar-refractivity contribution is 7.89. The van der Waals surface area contributed by atoms with Gasteiger partial charge in [0, 0.05) is 25.5 Å². The van der Waals surface area contributed by atoms with E-state index in [2.05, 4.69) is 14.8 Å². The van der Waals surface area contributed by atoms with Crippen molar-refractivity contribution < 1.29 is 40.7 Å². The van der Waals surface area contributed by atoms with Crippen LogP contribution >= 0.6 is 0 Å². The van der Waals surface area contributed by atoms with E-state index in [1.54, 1.807) is 0 Å². The van der Waals surface area contributed by atoms with Gasteiger partial charge in [-0.05, 0) is 43.2 Å². The quantitative estimate of drug-likeness (QED) is 0.644. The molecule has 13 heteroatoms. The number of hydrogen-bond acceptors (Lipinski definition) is 6. The zero-order chi connectivity index (χ0) is 23.7. The van der Waals surface area contributed by atoms with Gasteiger partial charge in [-0.2, -0.15) is 4.31 Å². The first-order valence-electron chi connectivity index (χ1n) is 9.35. The number of ether oxygens (including phenoxy) is 2. The summed E-state index contributed by atoms with van der Waals surface area (Å²) in [5, 5.41) is 2.51. The zero-order valence-electron chi connectivity index (χ0n) is 17.0. The zero-order valence-corrected chi connectivity index (χ0v) is 17.9.